The quantitative estimate of drug-likeness (QED) is 0.196. The highest BCUT2D eigenvalue weighted by molar-refractivity contribution is 5.82. The van der Waals surface area contributed by atoms with E-state index in [1.165, 1.54) is 10.8 Å². The number of rotatable bonds is 10. The molecule has 1 aliphatic heterocycles. The van der Waals surface area contributed by atoms with Gasteiger partial charge in [-0.25, -0.2) is 4.98 Å². The molecule has 1 fully saturated rings. The van der Waals surface area contributed by atoms with Crippen molar-refractivity contribution in [2.75, 3.05) is 26.8 Å². The van der Waals surface area contributed by atoms with Crippen molar-refractivity contribution in [2.45, 2.75) is 52.3 Å². The maximum atomic E-state index is 13.5. The van der Waals surface area contributed by atoms with E-state index in [2.05, 4.69) is 9.97 Å². The van der Waals surface area contributed by atoms with Crippen molar-refractivity contribution in [3.05, 3.63) is 90.4 Å². The summed E-state index contributed by atoms with van der Waals surface area (Å²) in [6, 6.07) is 20.0. The van der Waals surface area contributed by atoms with Gasteiger partial charge in [0.1, 0.15) is 24.3 Å². The van der Waals surface area contributed by atoms with Gasteiger partial charge in [-0.1, -0.05) is 30.3 Å². The lowest BCUT2D eigenvalue weighted by Gasteiger charge is -2.30. The Morgan fingerprint density at radius 3 is 2.33 bits per heavy atom. The summed E-state index contributed by atoms with van der Waals surface area (Å²) in [5.41, 5.74) is 1.03. The number of hydrogen-bond acceptors (Lipinski definition) is 6. The molecule has 0 N–H and O–H groups in total. The molecule has 1 amide bonds. The first-order chi connectivity index (χ1) is 21.2. The minimum absolute atomic E-state index is 0.0662. The number of halogens is 3. The Hall–Kier alpha value is -4.22. The number of carbonyl (C=O) groups is 1. The van der Waals surface area contributed by atoms with Crippen LogP contribution in [-0.4, -0.2) is 64.0 Å². The Bertz CT molecular complexity index is 1600. The number of alkyl halides is 3. The van der Waals surface area contributed by atoms with Gasteiger partial charge in [0.15, 0.2) is 11.5 Å². The first-order valence-electron chi connectivity index (χ1n) is 14.7. The number of benzene rings is 2. The molecule has 1 atom stereocenters. The molecule has 11 heteroatoms. The van der Waals surface area contributed by atoms with Crippen molar-refractivity contribution >= 4 is 5.91 Å². The Balaban J connectivity index is 1.23. The summed E-state index contributed by atoms with van der Waals surface area (Å²) < 4.78 is 59.4. The number of aromatic nitrogens is 3. The van der Waals surface area contributed by atoms with Gasteiger partial charge < -0.3 is 23.7 Å². The molecule has 1 aliphatic rings. The van der Waals surface area contributed by atoms with Crippen molar-refractivity contribution in [3.63, 3.8) is 0 Å². The van der Waals surface area contributed by atoms with Crippen molar-refractivity contribution in [1.29, 1.82) is 0 Å². The average Bonchev–Trinajstić information content (AvgIpc) is 3.59. The maximum Gasteiger partial charge on any atom is 0.434 e. The average molecular weight is 623 g/mol. The SMILES string of the molecule is CN(CC1COC(C)(C)O1)C(=O)C(C)(C)COc1ccc(-c2ccc(-c3nc(C(F)(F)F)cn3Cc3ccccc3)cn2)cc1. The van der Waals surface area contributed by atoms with Gasteiger partial charge in [-0.05, 0) is 69.7 Å². The molecular formula is C34H37F3N4O4. The molecule has 2 aromatic heterocycles. The lowest BCUT2D eigenvalue weighted by molar-refractivity contribution is -0.150. The van der Waals surface area contributed by atoms with Crippen molar-refractivity contribution < 1.29 is 32.2 Å². The normalized spacial score (nSPS) is 16.5. The molecule has 1 saturated heterocycles. The van der Waals surface area contributed by atoms with E-state index >= 15 is 0 Å². The summed E-state index contributed by atoms with van der Waals surface area (Å²) in [5.74, 6) is 0.0627. The van der Waals surface area contributed by atoms with Crippen LogP contribution in [0.2, 0.25) is 0 Å². The van der Waals surface area contributed by atoms with Gasteiger partial charge >= 0.3 is 6.18 Å². The van der Waals surface area contributed by atoms with Crippen LogP contribution >= 0.6 is 0 Å². The van der Waals surface area contributed by atoms with E-state index in [1.807, 2.05) is 70.2 Å². The van der Waals surface area contributed by atoms with E-state index in [0.717, 1.165) is 17.3 Å². The summed E-state index contributed by atoms with van der Waals surface area (Å²) in [6.45, 7) is 8.64. The fourth-order valence-electron chi connectivity index (χ4n) is 5.19. The lowest BCUT2D eigenvalue weighted by Crippen LogP contribution is -2.45. The number of nitrogens with zero attached hydrogens (tertiary/aromatic N) is 4. The summed E-state index contributed by atoms with van der Waals surface area (Å²) in [7, 11) is 1.75. The minimum atomic E-state index is -4.57. The number of amides is 1. The van der Waals surface area contributed by atoms with E-state index in [-0.39, 0.29) is 31.0 Å². The Labute approximate surface area is 260 Å². The molecule has 2 aromatic carbocycles. The van der Waals surface area contributed by atoms with E-state index < -0.39 is 23.1 Å². The summed E-state index contributed by atoms with van der Waals surface area (Å²) in [6.07, 6.45) is -2.20. The number of carbonyl (C=O) groups excluding carboxylic acids is 1. The van der Waals surface area contributed by atoms with Gasteiger partial charge in [0.25, 0.3) is 0 Å². The standard InChI is InChI=1S/C34H37F3N4O4/c1-32(2,31(42)40(5)19-27-21-44-33(3,4)45-27)22-43-26-14-11-24(12-15-26)28-16-13-25(17-38-28)30-39-29(34(35,36)37)20-41(30)18-23-9-7-6-8-10-23/h6-17,20,27H,18-19,21-22H2,1-5H3. The van der Waals surface area contributed by atoms with Gasteiger partial charge in [0, 0.05) is 43.7 Å². The zero-order valence-corrected chi connectivity index (χ0v) is 26.0. The Morgan fingerprint density at radius 2 is 1.73 bits per heavy atom. The van der Waals surface area contributed by atoms with Crippen LogP contribution in [0, 0.1) is 5.41 Å². The molecule has 45 heavy (non-hydrogen) atoms. The van der Waals surface area contributed by atoms with Crippen LogP contribution in [0.1, 0.15) is 39.0 Å². The van der Waals surface area contributed by atoms with Crippen LogP contribution in [0.15, 0.2) is 79.1 Å². The van der Waals surface area contributed by atoms with E-state index in [1.54, 1.807) is 36.2 Å². The second kappa shape index (κ2) is 12.6. The van der Waals surface area contributed by atoms with Gasteiger partial charge in [0.2, 0.25) is 5.91 Å². The highest BCUT2D eigenvalue weighted by atomic mass is 19.4. The largest absolute Gasteiger partial charge is 0.492 e. The second-order valence-electron chi connectivity index (χ2n) is 12.3. The van der Waals surface area contributed by atoms with E-state index in [0.29, 0.717) is 30.2 Å². The van der Waals surface area contributed by atoms with E-state index in [9.17, 15) is 18.0 Å². The molecule has 8 nitrogen and oxygen atoms in total. The number of hydrogen-bond donors (Lipinski definition) is 0. The third-order valence-electron chi connectivity index (χ3n) is 7.50. The molecule has 0 radical (unpaired) electrons. The molecule has 1 unspecified atom stereocenters. The number of pyridine rings is 1. The smallest absolute Gasteiger partial charge is 0.434 e. The van der Waals surface area contributed by atoms with Crippen molar-refractivity contribution in [3.8, 4) is 28.4 Å². The third-order valence-corrected chi connectivity index (χ3v) is 7.50. The topological polar surface area (TPSA) is 78.7 Å². The van der Waals surface area contributed by atoms with Gasteiger partial charge in [-0.15, -0.1) is 0 Å². The number of ether oxygens (including phenoxy) is 3. The monoisotopic (exact) mass is 622 g/mol. The van der Waals surface area contributed by atoms with E-state index in [4.69, 9.17) is 14.2 Å². The van der Waals surface area contributed by atoms with Crippen LogP contribution < -0.4 is 4.74 Å². The fraction of sp³-hybridized carbons (Fsp3) is 0.382. The van der Waals surface area contributed by atoms with Crippen molar-refractivity contribution in [1.82, 2.24) is 19.4 Å². The number of imidazole rings is 1. The first-order valence-corrected chi connectivity index (χ1v) is 14.7. The zero-order valence-electron chi connectivity index (χ0n) is 26.0. The molecule has 4 aromatic rings. The van der Waals surface area contributed by atoms with Crippen LogP contribution in [0.5, 0.6) is 5.75 Å². The van der Waals surface area contributed by atoms with Crippen LogP contribution in [0.3, 0.4) is 0 Å². The highest BCUT2D eigenvalue weighted by Crippen LogP contribution is 2.32. The molecule has 238 valence electrons. The lowest BCUT2D eigenvalue weighted by atomic mass is 9.92. The molecule has 5 rings (SSSR count). The van der Waals surface area contributed by atoms with Crippen LogP contribution in [0.25, 0.3) is 22.6 Å². The molecule has 0 aliphatic carbocycles. The second-order valence-corrected chi connectivity index (χ2v) is 12.3. The maximum absolute atomic E-state index is 13.5. The summed E-state index contributed by atoms with van der Waals surface area (Å²) in [5, 5.41) is 0. The number of likely N-dealkylation sites (N-methyl/N-ethyl adjacent to an activating group) is 1. The molecule has 0 bridgehead atoms. The predicted octanol–water partition coefficient (Wildman–Crippen LogP) is 6.69. The van der Waals surface area contributed by atoms with Crippen LogP contribution in [-0.2, 0) is 27.0 Å². The highest BCUT2D eigenvalue weighted by Gasteiger charge is 2.37. The van der Waals surface area contributed by atoms with Crippen LogP contribution in [0.4, 0.5) is 13.2 Å². The molecule has 3 heterocycles. The molecule has 0 saturated carbocycles. The zero-order chi connectivity index (χ0) is 32.4. The Morgan fingerprint density at radius 1 is 1.04 bits per heavy atom. The van der Waals surface area contributed by atoms with Gasteiger partial charge in [-0.2, -0.15) is 13.2 Å². The fourth-order valence-corrected chi connectivity index (χ4v) is 5.19. The summed E-state index contributed by atoms with van der Waals surface area (Å²) >= 11 is 0. The molecular weight excluding hydrogens is 585 g/mol. The van der Waals surface area contributed by atoms with Crippen molar-refractivity contribution in [2.24, 2.45) is 5.41 Å². The third kappa shape index (κ3) is 7.90. The van der Waals surface area contributed by atoms with Gasteiger partial charge in [-0.3, -0.25) is 9.78 Å². The summed E-state index contributed by atoms with van der Waals surface area (Å²) in [4.78, 5) is 23.2. The first kappa shape index (κ1) is 32.2. The minimum Gasteiger partial charge on any atom is -0.492 e. The molecule has 0 spiro atoms. The predicted molar refractivity (Wildman–Crippen MR) is 163 cm³/mol. The van der Waals surface area contributed by atoms with Gasteiger partial charge in [0.05, 0.1) is 17.7 Å². The Kier molecular flexibility index (Phi) is 9.04.